The summed E-state index contributed by atoms with van der Waals surface area (Å²) in [5.41, 5.74) is 5.40. The zero-order valence-electron chi connectivity index (χ0n) is 15.1. The molecule has 0 radical (unpaired) electrons. The zero-order chi connectivity index (χ0) is 17.8. The van der Waals surface area contributed by atoms with Gasteiger partial charge in [-0.25, -0.2) is 9.97 Å². The second-order valence-corrected chi connectivity index (χ2v) is 7.36. The van der Waals surface area contributed by atoms with Crippen LogP contribution < -0.4 is 5.32 Å². The van der Waals surface area contributed by atoms with E-state index >= 15 is 0 Å². The molecule has 0 spiro atoms. The number of halogens is 1. The Morgan fingerprint density at radius 3 is 2.72 bits per heavy atom. The topological polar surface area (TPSA) is 37.8 Å². The van der Waals surface area contributed by atoms with Crippen molar-refractivity contribution in [3.05, 3.63) is 52.9 Å². The fraction of sp³-hybridized carbons (Fsp3) is 0.429. The van der Waals surface area contributed by atoms with Crippen LogP contribution in [0.5, 0.6) is 0 Å². The van der Waals surface area contributed by atoms with Crippen molar-refractivity contribution in [3.63, 3.8) is 0 Å². The lowest BCUT2D eigenvalue weighted by Gasteiger charge is -2.16. The van der Waals surface area contributed by atoms with Crippen molar-refractivity contribution in [2.75, 3.05) is 5.32 Å². The molecule has 1 N–H and O–H groups in total. The van der Waals surface area contributed by atoms with Crippen molar-refractivity contribution in [3.8, 4) is 0 Å². The van der Waals surface area contributed by atoms with Crippen LogP contribution in [0.4, 0.5) is 11.5 Å². The first kappa shape index (κ1) is 17.9. The van der Waals surface area contributed by atoms with Crippen molar-refractivity contribution in [1.29, 1.82) is 0 Å². The van der Waals surface area contributed by atoms with E-state index in [4.69, 9.17) is 16.6 Å². The van der Waals surface area contributed by atoms with Gasteiger partial charge in [-0.2, -0.15) is 0 Å². The number of pyridine rings is 2. The van der Waals surface area contributed by atoms with E-state index < -0.39 is 0 Å². The largest absolute Gasteiger partial charge is 0.340 e. The van der Waals surface area contributed by atoms with Crippen LogP contribution in [-0.2, 0) is 6.42 Å². The highest BCUT2D eigenvalue weighted by atomic mass is 35.5. The van der Waals surface area contributed by atoms with E-state index in [2.05, 4.69) is 35.9 Å². The smallest absolute Gasteiger partial charge is 0.131 e. The first-order valence-electron chi connectivity index (χ1n) is 9.16. The highest BCUT2D eigenvalue weighted by molar-refractivity contribution is 6.29. The number of hydrogen-bond donors (Lipinski definition) is 1. The molecule has 0 aliphatic heterocycles. The summed E-state index contributed by atoms with van der Waals surface area (Å²) in [5, 5.41) is 3.93. The Hall–Kier alpha value is -1.87. The van der Waals surface area contributed by atoms with Crippen LogP contribution >= 0.6 is 11.6 Å². The Morgan fingerprint density at radius 2 is 2.04 bits per heavy atom. The van der Waals surface area contributed by atoms with Crippen LogP contribution in [0.1, 0.15) is 68.7 Å². The average molecular weight is 356 g/mol. The van der Waals surface area contributed by atoms with Crippen LogP contribution in [0.3, 0.4) is 0 Å². The van der Waals surface area contributed by atoms with E-state index in [9.17, 15) is 0 Å². The van der Waals surface area contributed by atoms with Crippen LogP contribution in [0.2, 0.25) is 5.15 Å². The second kappa shape index (κ2) is 8.01. The highest BCUT2D eigenvalue weighted by Crippen LogP contribution is 2.35. The van der Waals surface area contributed by atoms with Crippen LogP contribution in [-0.4, -0.2) is 9.97 Å². The van der Waals surface area contributed by atoms with E-state index in [1.807, 2.05) is 13.0 Å². The summed E-state index contributed by atoms with van der Waals surface area (Å²) in [6.07, 6.45) is 9.09. The summed E-state index contributed by atoms with van der Waals surface area (Å²) in [5.74, 6) is 1.48. The monoisotopic (exact) mass is 355 g/mol. The lowest BCUT2D eigenvalue weighted by molar-refractivity contribution is 0.696. The van der Waals surface area contributed by atoms with Gasteiger partial charge < -0.3 is 5.32 Å². The molecule has 2 aromatic rings. The third-order valence-electron chi connectivity index (χ3n) is 4.81. The molecule has 3 nitrogen and oxygen atoms in total. The van der Waals surface area contributed by atoms with Crippen LogP contribution in [0.25, 0.3) is 5.57 Å². The normalized spacial score (nSPS) is 14.7. The molecule has 0 unspecified atom stereocenters. The zero-order valence-corrected chi connectivity index (χ0v) is 15.9. The minimum Gasteiger partial charge on any atom is -0.340 e. The van der Waals surface area contributed by atoms with E-state index in [1.54, 1.807) is 6.20 Å². The van der Waals surface area contributed by atoms with E-state index in [0.717, 1.165) is 35.5 Å². The molecule has 0 atom stereocenters. The van der Waals surface area contributed by atoms with Crippen LogP contribution in [0, 0.1) is 0 Å². The van der Waals surface area contributed by atoms with Gasteiger partial charge in [-0.3, -0.25) is 0 Å². The van der Waals surface area contributed by atoms with Gasteiger partial charge in [-0.1, -0.05) is 44.4 Å². The predicted octanol–water partition coefficient (Wildman–Crippen LogP) is 6.52. The Balaban J connectivity index is 1.96. The van der Waals surface area contributed by atoms with Gasteiger partial charge in [0.05, 0.1) is 5.69 Å². The second-order valence-electron chi connectivity index (χ2n) is 6.97. The first-order valence-corrected chi connectivity index (χ1v) is 9.54. The number of allylic oxidation sites excluding steroid dienone is 1. The van der Waals surface area contributed by atoms with Crippen molar-refractivity contribution in [2.45, 2.75) is 58.3 Å². The average Bonchev–Trinajstić information content (AvgIpc) is 3.09. The molecule has 25 heavy (non-hydrogen) atoms. The van der Waals surface area contributed by atoms with Gasteiger partial charge >= 0.3 is 0 Å². The van der Waals surface area contributed by atoms with Crippen molar-refractivity contribution in [2.24, 2.45) is 0 Å². The molecule has 0 amide bonds. The Labute approximate surface area is 155 Å². The van der Waals surface area contributed by atoms with Gasteiger partial charge in [0, 0.05) is 23.4 Å². The fourth-order valence-electron chi connectivity index (χ4n) is 3.55. The SMILES string of the molecule is C=C(C)c1cnc(Cl)cc1Nc1cc(CCC)cc(C2CCCC2)n1. The van der Waals surface area contributed by atoms with Gasteiger partial charge in [0.2, 0.25) is 0 Å². The van der Waals surface area contributed by atoms with Crippen molar-refractivity contribution < 1.29 is 0 Å². The summed E-state index contributed by atoms with van der Waals surface area (Å²) in [6.45, 7) is 8.23. The molecule has 1 fully saturated rings. The molecule has 0 aromatic carbocycles. The number of anilines is 2. The number of nitrogens with zero attached hydrogens (tertiary/aromatic N) is 2. The van der Waals surface area contributed by atoms with Gasteiger partial charge in [0.15, 0.2) is 0 Å². The summed E-state index contributed by atoms with van der Waals surface area (Å²) in [4.78, 5) is 9.09. The third kappa shape index (κ3) is 4.40. The molecule has 3 rings (SSSR count). The molecule has 4 heteroatoms. The number of hydrogen-bond acceptors (Lipinski definition) is 3. The first-order chi connectivity index (χ1) is 12.1. The molecule has 2 heterocycles. The quantitative estimate of drug-likeness (QED) is 0.599. The summed E-state index contributed by atoms with van der Waals surface area (Å²) < 4.78 is 0. The lowest BCUT2D eigenvalue weighted by Crippen LogP contribution is -2.04. The molecule has 1 saturated carbocycles. The number of aryl methyl sites for hydroxylation is 1. The molecule has 0 bridgehead atoms. The Morgan fingerprint density at radius 1 is 1.28 bits per heavy atom. The summed E-state index contributed by atoms with van der Waals surface area (Å²) in [7, 11) is 0. The molecule has 2 aromatic heterocycles. The molecule has 1 aliphatic carbocycles. The Bertz CT molecular complexity index is 764. The van der Waals surface area contributed by atoms with Gasteiger partial charge in [-0.05, 0) is 55.5 Å². The third-order valence-corrected chi connectivity index (χ3v) is 5.02. The predicted molar refractivity (Wildman–Crippen MR) is 107 cm³/mol. The van der Waals surface area contributed by atoms with Crippen LogP contribution in [0.15, 0.2) is 31.0 Å². The minimum atomic E-state index is 0.466. The summed E-state index contributed by atoms with van der Waals surface area (Å²) in [6, 6.07) is 6.29. The maximum Gasteiger partial charge on any atom is 0.131 e. The number of nitrogens with one attached hydrogen (secondary N) is 1. The maximum atomic E-state index is 6.10. The molecule has 132 valence electrons. The van der Waals surface area contributed by atoms with Crippen molar-refractivity contribution in [1.82, 2.24) is 9.97 Å². The highest BCUT2D eigenvalue weighted by Gasteiger charge is 2.19. The van der Waals surface area contributed by atoms with Gasteiger partial charge in [0.1, 0.15) is 11.0 Å². The molecule has 0 saturated heterocycles. The van der Waals surface area contributed by atoms with Crippen molar-refractivity contribution >= 4 is 28.7 Å². The molecule has 1 aliphatic rings. The minimum absolute atomic E-state index is 0.466. The van der Waals surface area contributed by atoms with Gasteiger partial charge in [0.25, 0.3) is 0 Å². The van der Waals surface area contributed by atoms with E-state index in [1.165, 1.54) is 36.9 Å². The van der Waals surface area contributed by atoms with E-state index in [-0.39, 0.29) is 0 Å². The van der Waals surface area contributed by atoms with Gasteiger partial charge in [-0.15, -0.1) is 0 Å². The maximum absolute atomic E-state index is 6.10. The fourth-order valence-corrected chi connectivity index (χ4v) is 3.71. The van der Waals surface area contributed by atoms with E-state index in [0.29, 0.717) is 11.1 Å². The molecular weight excluding hydrogens is 330 g/mol. The molecular formula is C21H26ClN3. The Kier molecular flexibility index (Phi) is 5.74. The summed E-state index contributed by atoms with van der Waals surface area (Å²) >= 11 is 6.10. The standard InChI is InChI=1S/C21H26ClN3/c1-4-7-15-10-18(16-8-5-6-9-16)24-21(11-15)25-19-12-20(22)23-13-17(19)14(2)3/h10-13,16H,2,4-9H2,1,3H3,(H,23,24,25). The number of rotatable bonds is 6. The number of aromatic nitrogens is 2. The lowest BCUT2D eigenvalue weighted by atomic mass is 10.00.